The first-order valence-electron chi connectivity index (χ1n) is 7.15. The highest BCUT2D eigenvalue weighted by Crippen LogP contribution is 2.28. The summed E-state index contributed by atoms with van der Waals surface area (Å²) >= 11 is 0. The van der Waals surface area contributed by atoms with E-state index in [0.29, 0.717) is 11.5 Å². The number of aromatic nitrogens is 2. The summed E-state index contributed by atoms with van der Waals surface area (Å²) in [4.78, 5) is 0. The number of rotatable bonds is 8. The van der Waals surface area contributed by atoms with E-state index < -0.39 is 0 Å². The number of hydrogen-bond donors (Lipinski definition) is 1. The largest absolute Gasteiger partial charge is 0.314 e. The zero-order chi connectivity index (χ0) is 13.6. The molecule has 0 saturated heterocycles. The number of aryl methyl sites for hydroxylation is 2. The van der Waals surface area contributed by atoms with Crippen LogP contribution in [0.15, 0.2) is 12.3 Å². The van der Waals surface area contributed by atoms with Crippen molar-refractivity contribution in [2.75, 3.05) is 6.54 Å². The van der Waals surface area contributed by atoms with Gasteiger partial charge in [0.2, 0.25) is 0 Å². The number of nitrogens with zero attached hydrogens (tertiary/aromatic N) is 2. The summed E-state index contributed by atoms with van der Waals surface area (Å²) in [6.45, 7) is 10.4. The minimum atomic E-state index is 0.379. The maximum absolute atomic E-state index is 4.22. The standard InChI is InChI=1S/C15H29N3/c1-6-10-16-13(2)12-15(3,4)9-7-14-8-11-17-18(14)5/h8,11,13,16H,6-7,9-10,12H2,1-5H3. The van der Waals surface area contributed by atoms with Crippen LogP contribution >= 0.6 is 0 Å². The maximum Gasteiger partial charge on any atom is 0.0492 e. The van der Waals surface area contributed by atoms with Gasteiger partial charge in [0, 0.05) is 25.0 Å². The molecule has 0 fully saturated rings. The van der Waals surface area contributed by atoms with E-state index in [1.165, 1.54) is 25.0 Å². The van der Waals surface area contributed by atoms with Gasteiger partial charge in [-0.25, -0.2) is 0 Å². The van der Waals surface area contributed by atoms with Gasteiger partial charge in [-0.15, -0.1) is 0 Å². The Morgan fingerprint density at radius 3 is 2.72 bits per heavy atom. The summed E-state index contributed by atoms with van der Waals surface area (Å²) in [5.74, 6) is 0. The van der Waals surface area contributed by atoms with Crippen LogP contribution in [0.25, 0.3) is 0 Å². The van der Waals surface area contributed by atoms with Crippen molar-refractivity contribution in [2.45, 2.75) is 59.4 Å². The first kappa shape index (κ1) is 15.2. The fourth-order valence-electron chi connectivity index (χ4n) is 2.51. The van der Waals surface area contributed by atoms with E-state index in [0.717, 1.165) is 13.0 Å². The lowest BCUT2D eigenvalue weighted by Crippen LogP contribution is -2.32. The summed E-state index contributed by atoms with van der Waals surface area (Å²) in [5, 5.41) is 7.80. The van der Waals surface area contributed by atoms with Crippen LogP contribution in [-0.2, 0) is 13.5 Å². The van der Waals surface area contributed by atoms with E-state index >= 15 is 0 Å². The molecule has 3 heteroatoms. The van der Waals surface area contributed by atoms with Crippen LogP contribution in [0.2, 0.25) is 0 Å². The molecule has 1 heterocycles. The second-order valence-electron chi connectivity index (χ2n) is 6.17. The van der Waals surface area contributed by atoms with Crippen molar-refractivity contribution in [1.82, 2.24) is 15.1 Å². The second-order valence-corrected chi connectivity index (χ2v) is 6.17. The van der Waals surface area contributed by atoms with E-state index in [-0.39, 0.29) is 0 Å². The lowest BCUT2D eigenvalue weighted by molar-refractivity contribution is 0.267. The fraction of sp³-hybridized carbons (Fsp3) is 0.800. The quantitative estimate of drug-likeness (QED) is 0.769. The van der Waals surface area contributed by atoms with Crippen molar-refractivity contribution < 1.29 is 0 Å². The lowest BCUT2D eigenvalue weighted by atomic mass is 9.81. The maximum atomic E-state index is 4.22. The molecule has 0 aromatic carbocycles. The molecule has 1 unspecified atom stereocenters. The van der Waals surface area contributed by atoms with Crippen LogP contribution in [0.1, 0.15) is 52.7 Å². The molecule has 1 aromatic heterocycles. The van der Waals surface area contributed by atoms with Crippen molar-refractivity contribution in [3.05, 3.63) is 18.0 Å². The summed E-state index contributed by atoms with van der Waals surface area (Å²) in [6, 6.07) is 2.72. The Balaban J connectivity index is 2.37. The Kier molecular flexibility index (Phi) is 5.86. The highest BCUT2D eigenvalue weighted by Gasteiger charge is 2.21. The van der Waals surface area contributed by atoms with Gasteiger partial charge in [0.25, 0.3) is 0 Å². The highest BCUT2D eigenvalue weighted by molar-refractivity contribution is 5.00. The zero-order valence-electron chi connectivity index (χ0n) is 12.7. The normalized spacial score (nSPS) is 13.8. The fourth-order valence-corrected chi connectivity index (χ4v) is 2.51. The van der Waals surface area contributed by atoms with Crippen LogP contribution in [0.3, 0.4) is 0 Å². The van der Waals surface area contributed by atoms with Crippen LogP contribution in [0, 0.1) is 5.41 Å². The SMILES string of the molecule is CCCNC(C)CC(C)(C)CCc1ccnn1C. The van der Waals surface area contributed by atoms with E-state index in [1.54, 1.807) is 0 Å². The first-order valence-corrected chi connectivity index (χ1v) is 7.15. The van der Waals surface area contributed by atoms with Gasteiger partial charge < -0.3 is 5.32 Å². The average molecular weight is 251 g/mol. The molecule has 1 atom stereocenters. The Labute approximate surface area is 112 Å². The highest BCUT2D eigenvalue weighted by atomic mass is 15.2. The van der Waals surface area contributed by atoms with Gasteiger partial charge in [-0.3, -0.25) is 4.68 Å². The minimum absolute atomic E-state index is 0.379. The second kappa shape index (κ2) is 6.93. The molecule has 0 spiro atoms. The van der Waals surface area contributed by atoms with Crippen LogP contribution in [0.5, 0.6) is 0 Å². The van der Waals surface area contributed by atoms with E-state index in [9.17, 15) is 0 Å². The monoisotopic (exact) mass is 251 g/mol. The summed E-state index contributed by atoms with van der Waals surface area (Å²) < 4.78 is 1.98. The average Bonchev–Trinajstić information content (AvgIpc) is 2.69. The summed E-state index contributed by atoms with van der Waals surface area (Å²) in [5.41, 5.74) is 1.71. The van der Waals surface area contributed by atoms with Crippen molar-refractivity contribution in [3.63, 3.8) is 0 Å². The molecule has 1 N–H and O–H groups in total. The zero-order valence-corrected chi connectivity index (χ0v) is 12.7. The van der Waals surface area contributed by atoms with Crippen LogP contribution in [-0.4, -0.2) is 22.4 Å². The van der Waals surface area contributed by atoms with Gasteiger partial charge in [0.15, 0.2) is 0 Å². The van der Waals surface area contributed by atoms with E-state index in [1.807, 2.05) is 17.9 Å². The van der Waals surface area contributed by atoms with Crippen molar-refractivity contribution in [2.24, 2.45) is 12.5 Å². The smallest absolute Gasteiger partial charge is 0.0492 e. The first-order chi connectivity index (χ1) is 8.44. The molecule has 0 aliphatic carbocycles. The predicted molar refractivity (Wildman–Crippen MR) is 77.7 cm³/mol. The molecule has 18 heavy (non-hydrogen) atoms. The van der Waals surface area contributed by atoms with Gasteiger partial charge in [-0.05, 0) is 50.6 Å². The third kappa shape index (κ3) is 5.21. The van der Waals surface area contributed by atoms with Gasteiger partial charge in [0.1, 0.15) is 0 Å². The molecule has 3 nitrogen and oxygen atoms in total. The minimum Gasteiger partial charge on any atom is -0.314 e. The van der Waals surface area contributed by atoms with E-state index in [2.05, 4.69) is 44.2 Å². The Morgan fingerprint density at radius 1 is 1.44 bits per heavy atom. The number of nitrogens with one attached hydrogen (secondary N) is 1. The molecule has 1 aromatic rings. The molecule has 0 aliphatic heterocycles. The van der Waals surface area contributed by atoms with Crippen molar-refractivity contribution in [1.29, 1.82) is 0 Å². The van der Waals surface area contributed by atoms with Crippen LogP contribution in [0.4, 0.5) is 0 Å². The van der Waals surface area contributed by atoms with Gasteiger partial charge >= 0.3 is 0 Å². The summed E-state index contributed by atoms with van der Waals surface area (Å²) in [7, 11) is 2.02. The Morgan fingerprint density at radius 2 is 2.17 bits per heavy atom. The third-order valence-electron chi connectivity index (χ3n) is 3.58. The van der Waals surface area contributed by atoms with Crippen molar-refractivity contribution >= 4 is 0 Å². The summed E-state index contributed by atoms with van der Waals surface area (Å²) in [6.07, 6.45) is 6.65. The molecular weight excluding hydrogens is 222 g/mol. The van der Waals surface area contributed by atoms with Gasteiger partial charge in [-0.1, -0.05) is 20.8 Å². The molecule has 104 valence electrons. The molecule has 0 radical (unpaired) electrons. The lowest BCUT2D eigenvalue weighted by Gasteiger charge is -2.28. The Hall–Kier alpha value is -0.830. The molecule has 1 rings (SSSR count). The molecule has 0 saturated carbocycles. The van der Waals surface area contributed by atoms with Gasteiger partial charge in [-0.2, -0.15) is 5.10 Å². The molecule has 0 amide bonds. The van der Waals surface area contributed by atoms with Crippen LogP contribution < -0.4 is 5.32 Å². The Bertz CT molecular complexity index is 341. The molecule has 0 aliphatic rings. The molecular formula is C15H29N3. The topological polar surface area (TPSA) is 29.9 Å². The van der Waals surface area contributed by atoms with E-state index in [4.69, 9.17) is 0 Å². The third-order valence-corrected chi connectivity index (χ3v) is 3.58. The molecule has 0 bridgehead atoms. The number of hydrogen-bond acceptors (Lipinski definition) is 2. The predicted octanol–water partition coefficient (Wildman–Crippen LogP) is 3.16. The van der Waals surface area contributed by atoms with Crippen molar-refractivity contribution in [3.8, 4) is 0 Å². The van der Waals surface area contributed by atoms with Gasteiger partial charge in [0.05, 0.1) is 0 Å².